The molecule has 1 aromatic heterocycles. The predicted molar refractivity (Wildman–Crippen MR) is 177 cm³/mol. The third-order valence-electron chi connectivity index (χ3n) is 7.50. The Morgan fingerprint density at radius 1 is 1.00 bits per heavy atom. The van der Waals surface area contributed by atoms with Crippen LogP contribution in [0.5, 0.6) is 11.5 Å². The largest absolute Gasteiger partial charge is 0.492 e. The lowest BCUT2D eigenvalue weighted by Gasteiger charge is -2.29. The predicted octanol–water partition coefficient (Wildman–Crippen LogP) is 6.28. The average Bonchev–Trinajstić information content (AvgIpc) is 3.47. The number of nitrogens with one attached hydrogen (secondary N) is 2. The molecular formula is C34H37FN6O4S. The highest BCUT2D eigenvalue weighted by molar-refractivity contribution is 7.98. The van der Waals surface area contributed by atoms with E-state index in [4.69, 9.17) is 14.6 Å². The highest BCUT2D eigenvalue weighted by atomic mass is 32.2. The third kappa shape index (κ3) is 7.34. The number of allylic oxidation sites excluding steroid dienone is 1. The molecule has 10 nitrogen and oxygen atoms in total. The molecule has 0 radical (unpaired) electrons. The van der Waals surface area contributed by atoms with E-state index >= 15 is 0 Å². The van der Waals surface area contributed by atoms with Gasteiger partial charge < -0.3 is 25.0 Å². The number of aromatic nitrogens is 3. The smallest absolute Gasteiger partial charge is 0.260 e. The van der Waals surface area contributed by atoms with Gasteiger partial charge in [0, 0.05) is 24.5 Å². The normalized spacial score (nSPS) is 13.9. The van der Waals surface area contributed by atoms with E-state index < -0.39 is 6.04 Å². The van der Waals surface area contributed by atoms with Crippen LogP contribution in [0.15, 0.2) is 89.2 Å². The van der Waals surface area contributed by atoms with Crippen molar-refractivity contribution >= 4 is 35.2 Å². The maximum atomic E-state index is 14.3. The first-order valence-corrected chi connectivity index (χ1v) is 16.2. The molecule has 0 aliphatic carbocycles. The zero-order valence-electron chi connectivity index (χ0n) is 26.2. The molecule has 0 fully saturated rings. The molecule has 1 aliphatic heterocycles. The molecule has 2 N–H and O–H groups in total. The molecule has 1 atom stereocenters. The van der Waals surface area contributed by atoms with Gasteiger partial charge in [0.25, 0.3) is 11.8 Å². The van der Waals surface area contributed by atoms with E-state index in [-0.39, 0.29) is 24.2 Å². The molecule has 240 valence electrons. The molecular weight excluding hydrogens is 607 g/mol. The van der Waals surface area contributed by atoms with Crippen molar-refractivity contribution in [2.45, 2.75) is 44.6 Å². The zero-order valence-corrected chi connectivity index (χ0v) is 27.1. The van der Waals surface area contributed by atoms with Crippen LogP contribution >= 0.6 is 11.8 Å². The molecule has 1 unspecified atom stereocenters. The minimum Gasteiger partial charge on any atom is -0.492 e. The van der Waals surface area contributed by atoms with Gasteiger partial charge in [-0.25, -0.2) is 9.07 Å². The van der Waals surface area contributed by atoms with Crippen molar-refractivity contribution in [3.8, 4) is 11.5 Å². The molecule has 12 heteroatoms. The number of amides is 2. The Morgan fingerprint density at radius 2 is 1.72 bits per heavy atom. The summed E-state index contributed by atoms with van der Waals surface area (Å²) < 4.78 is 27.5. The number of nitrogens with zero attached hydrogens (tertiary/aromatic N) is 4. The van der Waals surface area contributed by atoms with Gasteiger partial charge in [-0.3, -0.25) is 9.59 Å². The first-order valence-electron chi connectivity index (χ1n) is 15.2. The molecule has 0 saturated heterocycles. The molecule has 5 rings (SSSR count). The highest BCUT2D eigenvalue weighted by Crippen LogP contribution is 2.38. The number of likely N-dealkylation sites (N-methyl/N-ethyl adjacent to an activating group) is 1. The second-order valence-corrected chi connectivity index (χ2v) is 11.4. The summed E-state index contributed by atoms with van der Waals surface area (Å²) >= 11 is 1.30. The SMILES string of the molecule is CCOc1ccccc1NC(=O)C1=C(C)Nc2nc(SCc3ccccc3F)nn2C1c1ccc(OCC(=O)N(CC)CC)cc1. The Kier molecular flexibility index (Phi) is 10.6. The second kappa shape index (κ2) is 15.0. The summed E-state index contributed by atoms with van der Waals surface area (Å²) in [6.45, 7) is 9.15. The molecule has 0 spiro atoms. The minimum atomic E-state index is -0.655. The number of ether oxygens (including phenoxy) is 2. The van der Waals surface area contributed by atoms with Gasteiger partial charge in [-0.1, -0.05) is 54.2 Å². The van der Waals surface area contributed by atoms with Crippen molar-refractivity contribution in [1.29, 1.82) is 0 Å². The van der Waals surface area contributed by atoms with Crippen LogP contribution < -0.4 is 20.1 Å². The van der Waals surface area contributed by atoms with Crippen molar-refractivity contribution in [3.05, 3.63) is 101 Å². The number of hydrogen-bond donors (Lipinski definition) is 2. The molecule has 0 saturated carbocycles. The van der Waals surface area contributed by atoms with Crippen LogP contribution in [0.25, 0.3) is 0 Å². The fraction of sp³-hybridized carbons (Fsp3) is 0.294. The Bertz CT molecular complexity index is 1720. The van der Waals surface area contributed by atoms with Gasteiger partial charge in [-0.15, -0.1) is 5.10 Å². The standard InChI is InChI=1S/C34H37FN6O4S/c1-5-40(6-2)29(42)20-45-25-18-16-23(17-19-25)31-30(32(43)37-27-14-10-11-15-28(27)44-7-3)22(4)36-33-38-34(39-41(31)33)46-21-24-12-8-9-13-26(24)35/h8-19,31H,5-7,20-21H2,1-4H3,(H,37,43)(H,36,38,39). The van der Waals surface area contributed by atoms with E-state index in [0.717, 1.165) is 5.56 Å². The summed E-state index contributed by atoms with van der Waals surface area (Å²) in [6, 6.07) is 20.4. The van der Waals surface area contributed by atoms with Crippen molar-refractivity contribution < 1.29 is 23.5 Å². The van der Waals surface area contributed by atoms with Crippen LogP contribution in [-0.4, -0.2) is 57.8 Å². The number of halogens is 1. The summed E-state index contributed by atoms with van der Waals surface area (Å²) in [5.74, 6) is 1.16. The summed E-state index contributed by atoms with van der Waals surface area (Å²) in [5.41, 5.74) is 2.87. The topological polar surface area (TPSA) is 111 Å². The number of benzene rings is 3. The molecule has 1 aliphatic rings. The number of carbonyl (C=O) groups is 2. The number of thioether (sulfide) groups is 1. The van der Waals surface area contributed by atoms with Gasteiger partial charge in [-0.2, -0.15) is 4.98 Å². The fourth-order valence-electron chi connectivity index (χ4n) is 5.15. The Labute approximate surface area is 272 Å². The van der Waals surface area contributed by atoms with Gasteiger partial charge in [0.05, 0.1) is 17.9 Å². The zero-order chi connectivity index (χ0) is 32.6. The quantitative estimate of drug-likeness (QED) is 0.164. The first-order chi connectivity index (χ1) is 22.3. The van der Waals surface area contributed by atoms with Crippen molar-refractivity contribution in [1.82, 2.24) is 19.7 Å². The number of fused-ring (bicyclic) bond motifs is 1. The van der Waals surface area contributed by atoms with E-state index in [2.05, 4.69) is 15.6 Å². The summed E-state index contributed by atoms with van der Waals surface area (Å²) in [7, 11) is 0. The van der Waals surface area contributed by atoms with Crippen molar-refractivity contribution in [3.63, 3.8) is 0 Å². The molecule has 3 aromatic carbocycles. The maximum Gasteiger partial charge on any atom is 0.260 e. The van der Waals surface area contributed by atoms with E-state index in [9.17, 15) is 14.0 Å². The van der Waals surface area contributed by atoms with Crippen LogP contribution in [-0.2, 0) is 15.3 Å². The van der Waals surface area contributed by atoms with Crippen LogP contribution in [0.1, 0.15) is 44.9 Å². The Hall–Kier alpha value is -4.84. The van der Waals surface area contributed by atoms with Crippen molar-refractivity contribution in [2.75, 3.05) is 36.9 Å². The summed E-state index contributed by atoms with van der Waals surface area (Å²) in [4.78, 5) is 32.8. The molecule has 2 amide bonds. The lowest BCUT2D eigenvalue weighted by molar-refractivity contribution is -0.133. The summed E-state index contributed by atoms with van der Waals surface area (Å²) in [6.07, 6.45) is 0. The lowest BCUT2D eigenvalue weighted by atomic mass is 9.95. The summed E-state index contributed by atoms with van der Waals surface area (Å²) in [5, 5.41) is 11.4. The lowest BCUT2D eigenvalue weighted by Crippen LogP contribution is -2.34. The average molecular weight is 645 g/mol. The van der Waals surface area contributed by atoms with Crippen LogP contribution in [0.4, 0.5) is 16.0 Å². The number of hydrogen-bond acceptors (Lipinski definition) is 8. The Morgan fingerprint density at radius 3 is 2.43 bits per heavy atom. The van der Waals surface area contributed by atoms with Gasteiger partial charge >= 0.3 is 0 Å². The van der Waals surface area contributed by atoms with Crippen LogP contribution in [0, 0.1) is 5.82 Å². The third-order valence-corrected chi connectivity index (χ3v) is 8.39. The molecule has 4 aromatic rings. The monoisotopic (exact) mass is 644 g/mol. The first kappa shape index (κ1) is 32.6. The second-order valence-electron chi connectivity index (χ2n) is 10.4. The van der Waals surface area contributed by atoms with Crippen molar-refractivity contribution in [2.24, 2.45) is 0 Å². The van der Waals surface area contributed by atoms with Gasteiger partial charge in [0.15, 0.2) is 6.61 Å². The van der Waals surface area contributed by atoms with Gasteiger partial charge in [-0.05, 0) is 69.2 Å². The van der Waals surface area contributed by atoms with Gasteiger partial charge in [0.1, 0.15) is 23.4 Å². The minimum absolute atomic E-state index is 0.0733. The number of rotatable bonds is 13. The van der Waals surface area contributed by atoms with E-state index in [1.807, 2.05) is 52.0 Å². The Balaban J connectivity index is 1.45. The van der Waals surface area contributed by atoms with Crippen LogP contribution in [0.3, 0.4) is 0 Å². The fourth-order valence-corrected chi connectivity index (χ4v) is 5.97. The number of carbonyl (C=O) groups excluding carboxylic acids is 2. The highest BCUT2D eigenvalue weighted by Gasteiger charge is 2.35. The molecule has 2 heterocycles. The van der Waals surface area contributed by atoms with E-state index in [1.54, 1.807) is 52.0 Å². The maximum absolute atomic E-state index is 14.3. The number of para-hydroxylation sites is 2. The van der Waals surface area contributed by atoms with Gasteiger partial charge in [0.2, 0.25) is 11.1 Å². The van der Waals surface area contributed by atoms with E-state index in [1.165, 1.54) is 17.8 Å². The number of anilines is 2. The molecule has 46 heavy (non-hydrogen) atoms. The molecule has 0 bridgehead atoms. The van der Waals surface area contributed by atoms with E-state index in [0.29, 0.717) is 70.6 Å². The van der Waals surface area contributed by atoms with Crippen LogP contribution in [0.2, 0.25) is 0 Å².